The third kappa shape index (κ3) is 3.07. The van der Waals surface area contributed by atoms with Gasteiger partial charge in [0.2, 0.25) is 0 Å². The lowest BCUT2D eigenvalue weighted by atomic mass is 10.2. The Bertz CT molecular complexity index is 589. The number of aromatic hydroxyl groups is 1. The molecule has 0 saturated carbocycles. The molecule has 1 N–H and O–H groups in total. The van der Waals surface area contributed by atoms with Crippen molar-refractivity contribution in [1.82, 2.24) is 0 Å². The van der Waals surface area contributed by atoms with Gasteiger partial charge in [0.15, 0.2) is 0 Å². The van der Waals surface area contributed by atoms with Crippen LogP contribution in [0.1, 0.15) is 32.1 Å². The Morgan fingerprint density at radius 3 is 2.89 bits per heavy atom. The van der Waals surface area contributed by atoms with Crippen LogP contribution in [0.5, 0.6) is 11.5 Å². The molecule has 3 nitrogen and oxygen atoms in total. The summed E-state index contributed by atoms with van der Waals surface area (Å²) in [6.07, 6.45) is 2.77. The second-order valence-electron chi connectivity index (χ2n) is 4.44. The Morgan fingerprint density at radius 1 is 1.42 bits per heavy atom. The van der Waals surface area contributed by atoms with Gasteiger partial charge in [-0.1, -0.05) is 6.92 Å². The first-order chi connectivity index (χ1) is 9.15. The molecule has 0 aliphatic heterocycles. The van der Waals surface area contributed by atoms with Crippen molar-refractivity contribution >= 4 is 27.6 Å². The smallest absolute Gasteiger partial charge is 0.143 e. The number of ether oxygens (including phenoxy) is 1. The summed E-state index contributed by atoms with van der Waals surface area (Å²) in [5.41, 5.74) is 0. The molecular weight excluding hydrogens is 258 g/mol. The molecule has 0 spiro atoms. The second kappa shape index (κ2) is 6.06. The summed E-state index contributed by atoms with van der Waals surface area (Å²) in [6.45, 7) is 6.73. The number of hydrogen-bond acceptors (Lipinski definition) is 4. The van der Waals surface area contributed by atoms with Crippen LogP contribution in [0.2, 0.25) is 0 Å². The first-order valence-electron chi connectivity index (χ1n) is 6.57. The minimum Gasteiger partial charge on any atom is -0.506 e. The summed E-state index contributed by atoms with van der Waals surface area (Å²) in [5, 5.41) is 11.1. The Kier molecular flexibility index (Phi) is 4.43. The third-order valence-electron chi connectivity index (χ3n) is 3.01. The molecule has 1 aromatic carbocycles. The Morgan fingerprint density at radius 2 is 2.21 bits per heavy atom. The largest absolute Gasteiger partial charge is 0.506 e. The van der Waals surface area contributed by atoms with Gasteiger partial charge in [-0.3, -0.25) is 4.99 Å². The lowest BCUT2D eigenvalue weighted by Crippen LogP contribution is -1.94. The number of thiophene rings is 1. The summed E-state index contributed by atoms with van der Waals surface area (Å²) in [5.74, 6) is 1.09. The summed E-state index contributed by atoms with van der Waals surface area (Å²) in [7, 11) is 0. The predicted octanol–water partition coefficient (Wildman–Crippen LogP) is 4.22. The van der Waals surface area contributed by atoms with Crippen molar-refractivity contribution in [2.45, 2.75) is 33.2 Å². The van der Waals surface area contributed by atoms with Crippen LogP contribution < -0.4 is 4.74 Å². The Hall–Kier alpha value is -1.55. The fraction of sp³-hybridized carbons (Fsp3) is 0.400. The molecule has 4 heteroatoms. The lowest BCUT2D eigenvalue weighted by molar-refractivity contribution is 0.340. The average molecular weight is 277 g/mol. The minimum atomic E-state index is 0.281. The van der Waals surface area contributed by atoms with E-state index in [4.69, 9.17) is 4.74 Å². The molecule has 2 aromatic rings. The van der Waals surface area contributed by atoms with Crippen molar-refractivity contribution in [2.24, 2.45) is 4.99 Å². The molecule has 1 atom stereocenters. The number of hydrogen-bond donors (Lipinski definition) is 1. The molecule has 1 heterocycles. The highest BCUT2D eigenvalue weighted by molar-refractivity contribution is 7.21. The van der Waals surface area contributed by atoms with Gasteiger partial charge in [0.1, 0.15) is 11.5 Å². The predicted molar refractivity (Wildman–Crippen MR) is 82.0 cm³/mol. The minimum absolute atomic E-state index is 0.281. The standard InChI is InChI=1S/C15H19NO2S/c1-4-10(3)16-9-14-15(17)12-8-11(18-5-2)6-7-13(12)19-14/h6-10,17H,4-5H2,1-3H3/t10-/m0/s1. The van der Waals surface area contributed by atoms with Crippen LogP contribution in [0, 0.1) is 0 Å². The van der Waals surface area contributed by atoms with E-state index < -0.39 is 0 Å². The number of aliphatic imine (C=N–C) groups is 1. The number of fused-ring (bicyclic) bond motifs is 1. The molecule has 0 bridgehead atoms. The third-order valence-corrected chi connectivity index (χ3v) is 4.10. The average Bonchev–Trinajstić information content (AvgIpc) is 2.73. The van der Waals surface area contributed by atoms with Gasteiger partial charge in [-0.15, -0.1) is 11.3 Å². The Labute approximate surface area is 117 Å². The summed E-state index contributed by atoms with van der Waals surface area (Å²) < 4.78 is 6.50. The number of rotatable bonds is 5. The molecule has 0 unspecified atom stereocenters. The molecular formula is C15H19NO2S. The maximum Gasteiger partial charge on any atom is 0.143 e. The zero-order valence-electron chi connectivity index (χ0n) is 11.5. The normalized spacial score (nSPS) is 13.2. The van der Waals surface area contributed by atoms with E-state index in [9.17, 15) is 5.11 Å². The highest BCUT2D eigenvalue weighted by atomic mass is 32.1. The van der Waals surface area contributed by atoms with Crippen molar-refractivity contribution in [3.8, 4) is 11.5 Å². The quantitative estimate of drug-likeness (QED) is 0.831. The topological polar surface area (TPSA) is 41.8 Å². The lowest BCUT2D eigenvalue weighted by Gasteiger charge is -2.02. The van der Waals surface area contributed by atoms with Crippen molar-refractivity contribution in [3.05, 3.63) is 23.1 Å². The first-order valence-corrected chi connectivity index (χ1v) is 7.38. The second-order valence-corrected chi connectivity index (χ2v) is 5.53. The number of benzene rings is 1. The SMILES string of the molecule is CCOc1ccc2sc(C=N[C@@H](C)CC)c(O)c2c1. The molecule has 0 aliphatic rings. The van der Waals surface area contributed by atoms with Crippen LogP contribution in [0.15, 0.2) is 23.2 Å². The van der Waals surface area contributed by atoms with Gasteiger partial charge >= 0.3 is 0 Å². The van der Waals surface area contributed by atoms with Crippen LogP contribution in [0.25, 0.3) is 10.1 Å². The molecule has 0 radical (unpaired) electrons. The molecule has 1 aromatic heterocycles. The summed E-state index contributed by atoms with van der Waals surface area (Å²) >= 11 is 1.55. The highest BCUT2D eigenvalue weighted by Crippen LogP contribution is 2.37. The van der Waals surface area contributed by atoms with Gasteiger partial charge in [-0.2, -0.15) is 0 Å². The molecule has 19 heavy (non-hydrogen) atoms. The Balaban J connectivity index is 2.36. The molecule has 0 fully saturated rings. The van der Waals surface area contributed by atoms with Crippen LogP contribution in [0.4, 0.5) is 0 Å². The van der Waals surface area contributed by atoms with Crippen LogP contribution in [0.3, 0.4) is 0 Å². The maximum absolute atomic E-state index is 10.2. The van der Waals surface area contributed by atoms with Crippen molar-refractivity contribution < 1.29 is 9.84 Å². The molecule has 2 rings (SSSR count). The highest BCUT2D eigenvalue weighted by Gasteiger charge is 2.10. The van der Waals surface area contributed by atoms with Crippen molar-refractivity contribution in [3.63, 3.8) is 0 Å². The molecule has 0 aliphatic carbocycles. The zero-order valence-corrected chi connectivity index (χ0v) is 12.3. The van der Waals surface area contributed by atoms with Crippen LogP contribution >= 0.6 is 11.3 Å². The number of nitrogens with zero attached hydrogens (tertiary/aromatic N) is 1. The maximum atomic E-state index is 10.2. The first kappa shape index (κ1) is 13.9. The molecule has 102 valence electrons. The van der Waals surface area contributed by atoms with E-state index in [0.29, 0.717) is 12.4 Å². The van der Waals surface area contributed by atoms with E-state index in [1.807, 2.05) is 25.1 Å². The fourth-order valence-electron chi connectivity index (χ4n) is 1.73. The van der Waals surface area contributed by atoms with E-state index in [0.717, 1.165) is 27.1 Å². The van der Waals surface area contributed by atoms with Crippen molar-refractivity contribution in [2.75, 3.05) is 6.61 Å². The van der Waals surface area contributed by atoms with E-state index in [-0.39, 0.29) is 6.04 Å². The van der Waals surface area contributed by atoms with E-state index in [1.54, 1.807) is 17.6 Å². The zero-order chi connectivity index (χ0) is 13.8. The monoisotopic (exact) mass is 277 g/mol. The van der Waals surface area contributed by atoms with E-state index in [2.05, 4.69) is 18.8 Å². The van der Waals surface area contributed by atoms with Gasteiger partial charge in [-0.25, -0.2) is 0 Å². The van der Waals surface area contributed by atoms with Gasteiger partial charge in [0.05, 0.1) is 11.5 Å². The van der Waals surface area contributed by atoms with E-state index >= 15 is 0 Å². The molecule has 0 saturated heterocycles. The fourth-order valence-corrected chi connectivity index (χ4v) is 2.69. The molecule has 0 amide bonds. The summed E-state index contributed by atoms with van der Waals surface area (Å²) in [4.78, 5) is 5.23. The van der Waals surface area contributed by atoms with Gasteiger partial charge in [0, 0.05) is 22.3 Å². The van der Waals surface area contributed by atoms with Crippen LogP contribution in [-0.4, -0.2) is 24.0 Å². The van der Waals surface area contributed by atoms with E-state index in [1.165, 1.54) is 0 Å². The summed E-state index contributed by atoms with van der Waals surface area (Å²) in [6, 6.07) is 6.07. The van der Waals surface area contributed by atoms with Crippen molar-refractivity contribution in [1.29, 1.82) is 0 Å². The van der Waals surface area contributed by atoms with Gasteiger partial charge in [-0.05, 0) is 38.5 Å². The van der Waals surface area contributed by atoms with Crippen LogP contribution in [-0.2, 0) is 0 Å². The van der Waals surface area contributed by atoms with Gasteiger partial charge in [0.25, 0.3) is 0 Å². The van der Waals surface area contributed by atoms with Gasteiger partial charge < -0.3 is 9.84 Å².